The van der Waals surface area contributed by atoms with Gasteiger partial charge in [0.15, 0.2) is 5.78 Å². The molecule has 0 spiro atoms. The molecule has 102 valence electrons. The van der Waals surface area contributed by atoms with Crippen LogP contribution in [0.3, 0.4) is 0 Å². The molecule has 0 bridgehead atoms. The van der Waals surface area contributed by atoms with Crippen LogP contribution in [0.5, 0.6) is 0 Å². The second-order valence-electron chi connectivity index (χ2n) is 4.93. The zero-order chi connectivity index (χ0) is 13.6. The smallest absolute Gasteiger partial charge is 0.159 e. The van der Waals surface area contributed by atoms with Crippen molar-refractivity contribution in [2.24, 2.45) is 5.41 Å². The molecule has 0 saturated heterocycles. The first-order chi connectivity index (χ1) is 8.55. The number of Topliss-reactive ketones (excluding diaryl/α,β-unsaturated/α-hetero) is 2. The van der Waals surface area contributed by atoms with Gasteiger partial charge in [-0.1, -0.05) is 6.08 Å². The number of hydrogen-bond acceptors (Lipinski definition) is 4. The van der Waals surface area contributed by atoms with Crippen LogP contribution in [0.4, 0.5) is 0 Å². The third-order valence-corrected chi connectivity index (χ3v) is 3.39. The van der Waals surface area contributed by atoms with Crippen molar-refractivity contribution in [3.8, 4) is 0 Å². The summed E-state index contributed by atoms with van der Waals surface area (Å²) in [5.74, 6) is 0.300. The van der Waals surface area contributed by atoms with Gasteiger partial charge in [-0.2, -0.15) is 0 Å². The molecule has 4 heteroatoms. The summed E-state index contributed by atoms with van der Waals surface area (Å²) in [4.78, 5) is 22.9. The third-order valence-electron chi connectivity index (χ3n) is 3.39. The lowest BCUT2D eigenvalue weighted by Gasteiger charge is -2.28. The average Bonchev–Trinajstić information content (AvgIpc) is 2.59. The lowest BCUT2D eigenvalue weighted by Crippen LogP contribution is -2.31. The first-order valence-electron chi connectivity index (χ1n) is 6.27. The largest absolute Gasteiger partial charge is 0.384 e. The van der Waals surface area contributed by atoms with Gasteiger partial charge in [0.05, 0.1) is 13.2 Å². The molecule has 1 fully saturated rings. The summed E-state index contributed by atoms with van der Waals surface area (Å²) in [6.07, 6.45) is 4.30. The lowest BCUT2D eigenvalue weighted by molar-refractivity contribution is -0.117. The number of carbonyl (C=O) groups is 2. The van der Waals surface area contributed by atoms with Crippen molar-refractivity contribution in [1.82, 2.24) is 0 Å². The molecule has 0 radical (unpaired) electrons. The van der Waals surface area contributed by atoms with Crippen molar-refractivity contribution >= 4 is 11.6 Å². The summed E-state index contributed by atoms with van der Waals surface area (Å²) < 4.78 is 10.5. The van der Waals surface area contributed by atoms with Crippen LogP contribution < -0.4 is 0 Å². The summed E-state index contributed by atoms with van der Waals surface area (Å²) in [7, 11) is 3.26. The lowest BCUT2D eigenvalue weighted by atomic mass is 9.83. The van der Waals surface area contributed by atoms with Gasteiger partial charge in [-0.05, 0) is 19.8 Å². The van der Waals surface area contributed by atoms with Crippen LogP contribution in [-0.4, -0.2) is 39.0 Å². The van der Waals surface area contributed by atoms with Gasteiger partial charge in [0.1, 0.15) is 5.78 Å². The van der Waals surface area contributed by atoms with Crippen LogP contribution in [0, 0.1) is 5.41 Å². The van der Waals surface area contributed by atoms with E-state index in [9.17, 15) is 9.59 Å². The van der Waals surface area contributed by atoms with E-state index in [-0.39, 0.29) is 17.0 Å². The molecule has 0 aromatic rings. The van der Waals surface area contributed by atoms with Gasteiger partial charge in [0, 0.05) is 38.0 Å². The van der Waals surface area contributed by atoms with Crippen LogP contribution in [0.1, 0.15) is 32.6 Å². The Hall–Kier alpha value is -1.00. The molecule has 4 nitrogen and oxygen atoms in total. The molecule has 0 amide bonds. The summed E-state index contributed by atoms with van der Waals surface area (Å²) in [6.45, 7) is 2.53. The summed E-state index contributed by atoms with van der Waals surface area (Å²) in [5.41, 5.74) is 0.463. The Balaban J connectivity index is 2.86. The number of ether oxygens (including phenoxy) is 2. The van der Waals surface area contributed by atoms with Gasteiger partial charge < -0.3 is 14.3 Å². The van der Waals surface area contributed by atoms with Crippen molar-refractivity contribution in [1.29, 1.82) is 0 Å². The summed E-state index contributed by atoms with van der Waals surface area (Å²) >= 11 is 0. The molecule has 1 aliphatic carbocycles. The van der Waals surface area contributed by atoms with Crippen molar-refractivity contribution in [2.45, 2.75) is 32.6 Å². The molecule has 0 unspecified atom stereocenters. The van der Waals surface area contributed by atoms with Crippen LogP contribution in [-0.2, 0) is 19.1 Å². The van der Waals surface area contributed by atoms with E-state index in [1.165, 1.54) is 0 Å². The zero-order valence-electron chi connectivity index (χ0n) is 11.5. The van der Waals surface area contributed by atoms with Crippen molar-refractivity contribution in [3.63, 3.8) is 0 Å². The standard InChI is InChI=1S/C14H22O4/c1-11(15)5-4-6-12-13(16)7-8-14(12,9-17-2)10-18-3/h6H,4-5,7-10H2,1-3H3/b12-6+. The Bertz CT molecular complexity index is 338. The molecule has 0 heterocycles. The van der Waals surface area contributed by atoms with Crippen LogP contribution >= 0.6 is 0 Å². The van der Waals surface area contributed by atoms with Crippen LogP contribution in [0.15, 0.2) is 11.6 Å². The van der Waals surface area contributed by atoms with Gasteiger partial charge in [-0.15, -0.1) is 0 Å². The highest BCUT2D eigenvalue weighted by Crippen LogP contribution is 2.41. The van der Waals surface area contributed by atoms with E-state index in [1.54, 1.807) is 21.1 Å². The maximum Gasteiger partial charge on any atom is 0.159 e. The maximum absolute atomic E-state index is 12.0. The quantitative estimate of drug-likeness (QED) is 0.651. The van der Waals surface area contributed by atoms with Crippen molar-refractivity contribution in [3.05, 3.63) is 11.6 Å². The van der Waals surface area contributed by atoms with E-state index in [0.717, 1.165) is 12.0 Å². The summed E-state index contributed by atoms with van der Waals surface area (Å²) in [6, 6.07) is 0. The fourth-order valence-corrected chi connectivity index (χ4v) is 2.56. The topological polar surface area (TPSA) is 52.6 Å². The molecule has 1 saturated carbocycles. The predicted octanol–water partition coefficient (Wildman–Crippen LogP) is 1.92. The van der Waals surface area contributed by atoms with Gasteiger partial charge >= 0.3 is 0 Å². The Labute approximate surface area is 108 Å². The van der Waals surface area contributed by atoms with Gasteiger partial charge in [-0.25, -0.2) is 0 Å². The highest BCUT2D eigenvalue weighted by Gasteiger charge is 2.43. The number of methoxy groups -OCH3 is 2. The Kier molecular flexibility index (Phi) is 5.69. The first-order valence-corrected chi connectivity index (χ1v) is 6.27. The fraction of sp³-hybridized carbons (Fsp3) is 0.714. The number of rotatable bonds is 7. The first kappa shape index (κ1) is 15.1. The SMILES string of the molecule is COCC1(COC)CCC(=O)/C1=C\CCC(C)=O. The molecule has 0 aromatic carbocycles. The minimum absolute atomic E-state index is 0.140. The Morgan fingerprint density at radius 1 is 1.33 bits per heavy atom. The molecular formula is C14H22O4. The van der Waals surface area contributed by atoms with Crippen LogP contribution in [0.25, 0.3) is 0 Å². The zero-order valence-corrected chi connectivity index (χ0v) is 11.5. The molecule has 0 aliphatic heterocycles. The van der Waals surface area contributed by atoms with E-state index in [0.29, 0.717) is 32.5 Å². The normalized spacial score (nSPS) is 20.6. The molecule has 0 atom stereocenters. The fourth-order valence-electron chi connectivity index (χ4n) is 2.56. The molecule has 1 rings (SSSR count). The molecular weight excluding hydrogens is 232 g/mol. The predicted molar refractivity (Wildman–Crippen MR) is 68.4 cm³/mol. The van der Waals surface area contributed by atoms with E-state index in [1.807, 2.05) is 6.08 Å². The molecule has 1 aliphatic rings. The van der Waals surface area contributed by atoms with Gasteiger partial charge in [-0.3, -0.25) is 4.79 Å². The minimum atomic E-state index is -0.322. The second-order valence-corrected chi connectivity index (χ2v) is 4.93. The number of carbonyl (C=O) groups excluding carboxylic acids is 2. The third kappa shape index (κ3) is 3.50. The van der Waals surface area contributed by atoms with E-state index >= 15 is 0 Å². The number of hydrogen-bond donors (Lipinski definition) is 0. The second kappa shape index (κ2) is 6.81. The van der Waals surface area contributed by atoms with Crippen LogP contribution in [0.2, 0.25) is 0 Å². The molecule has 0 aromatic heterocycles. The van der Waals surface area contributed by atoms with Gasteiger partial charge in [0.2, 0.25) is 0 Å². The summed E-state index contributed by atoms with van der Waals surface area (Å²) in [5, 5.41) is 0. The highest BCUT2D eigenvalue weighted by atomic mass is 16.5. The number of allylic oxidation sites excluding steroid dienone is 1. The highest BCUT2D eigenvalue weighted by molar-refractivity contribution is 5.99. The maximum atomic E-state index is 12.0. The van der Waals surface area contributed by atoms with E-state index in [2.05, 4.69) is 0 Å². The Morgan fingerprint density at radius 2 is 1.94 bits per heavy atom. The molecule has 18 heavy (non-hydrogen) atoms. The monoisotopic (exact) mass is 254 g/mol. The van der Waals surface area contributed by atoms with Crippen molar-refractivity contribution in [2.75, 3.05) is 27.4 Å². The van der Waals surface area contributed by atoms with E-state index in [4.69, 9.17) is 9.47 Å². The van der Waals surface area contributed by atoms with E-state index < -0.39 is 0 Å². The van der Waals surface area contributed by atoms with Crippen molar-refractivity contribution < 1.29 is 19.1 Å². The minimum Gasteiger partial charge on any atom is -0.384 e. The number of ketones is 2. The average molecular weight is 254 g/mol. The Morgan fingerprint density at radius 3 is 2.44 bits per heavy atom. The molecule has 0 N–H and O–H groups in total. The van der Waals surface area contributed by atoms with Gasteiger partial charge in [0.25, 0.3) is 0 Å².